The first-order chi connectivity index (χ1) is 8.72. The Labute approximate surface area is 110 Å². The maximum absolute atomic E-state index is 6.19. The van der Waals surface area contributed by atoms with Crippen LogP contribution in [0.2, 0.25) is 5.02 Å². The molecule has 0 amide bonds. The van der Waals surface area contributed by atoms with E-state index in [4.69, 9.17) is 17.3 Å². The minimum Gasteiger partial charge on any atom is -0.399 e. The van der Waals surface area contributed by atoms with E-state index in [1.807, 2.05) is 12.1 Å². The number of nitrogens with zero attached hydrogens (tertiary/aromatic N) is 4. The van der Waals surface area contributed by atoms with Crippen LogP contribution in [0.3, 0.4) is 0 Å². The normalized spacial score (nSPS) is 15.6. The smallest absolute Gasteiger partial charge is 0.147 e. The Bertz CT molecular complexity index is 565. The number of anilines is 1. The average Bonchev–Trinajstić information content (AvgIpc) is 2.80. The number of nitrogens with two attached hydrogens (primary N) is 1. The lowest BCUT2D eigenvalue weighted by Crippen LogP contribution is -2.33. The van der Waals surface area contributed by atoms with Crippen LogP contribution in [0.15, 0.2) is 24.5 Å². The summed E-state index contributed by atoms with van der Waals surface area (Å²) in [6.45, 7) is 3.52. The molecule has 1 aromatic carbocycles. The molecule has 0 atom stereocenters. The number of fused-ring (bicyclic) bond motifs is 1. The SMILES string of the molecule is Nc1ccc(CN2CCn3cnnc3C2)c(Cl)c1. The minimum atomic E-state index is 0.696. The molecule has 1 aliphatic rings. The maximum atomic E-state index is 6.19. The van der Waals surface area contributed by atoms with Crippen molar-refractivity contribution in [2.24, 2.45) is 0 Å². The van der Waals surface area contributed by atoms with E-state index in [0.29, 0.717) is 5.69 Å². The van der Waals surface area contributed by atoms with E-state index in [1.165, 1.54) is 0 Å². The van der Waals surface area contributed by atoms with Crippen LogP contribution < -0.4 is 5.73 Å². The molecule has 0 fully saturated rings. The second-order valence-electron chi connectivity index (χ2n) is 4.50. The second-order valence-corrected chi connectivity index (χ2v) is 4.91. The van der Waals surface area contributed by atoms with Crippen molar-refractivity contribution >= 4 is 17.3 Å². The van der Waals surface area contributed by atoms with E-state index in [1.54, 1.807) is 12.4 Å². The Kier molecular flexibility index (Phi) is 2.93. The Balaban J connectivity index is 1.74. The number of nitrogen functional groups attached to an aromatic ring is 1. The van der Waals surface area contributed by atoms with Gasteiger partial charge in [0.2, 0.25) is 0 Å². The number of hydrogen-bond acceptors (Lipinski definition) is 4. The lowest BCUT2D eigenvalue weighted by Gasteiger charge is -2.27. The second kappa shape index (κ2) is 4.59. The summed E-state index contributed by atoms with van der Waals surface area (Å²) in [6.07, 6.45) is 1.78. The summed E-state index contributed by atoms with van der Waals surface area (Å²) in [5, 5.41) is 8.75. The third-order valence-corrected chi connectivity index (χ3v) is 3.54. The van der Waals surface area contributed by atoms with Crippen molar-refractivity contribution in [1.82, 2.24) is 19.7 Å². The summed E-state index contributed by atoms with van der Waals surface area (Å²) in [7, 11) is 0. The number of rotatable bonds is 2. The predicted molar refractivity (Wildman–Crippen MR) is 70.0 cm³/mol. The Morgan fingerprint density at radius 3 is 3.06 bits per heavy atom. The van der Waals surface area contributed by atoms with Crippen molar-refractivity contribution in [2.75, 3.05) is 12.3 Å². The van der Waals surface area contributed by atoms with Gasteiger partial charge >= 0.3 is 0 Å². The van der Waals surface area contributed by atoms with Gasteiger partial charge in [0.05, 0.1) is 6.54 Å². The highest BCUT2D eigenvalue weighted by Gasteiger charge is 2.18. The largest absolute Gasteiger partial charge is 0.399 e. The van der Waals surface area contributed by atoms with Gasteiger partial charge in [0, 0.05) is 30.3 Å². The zero-order valence-corrected chi connectivity index (χ0v) is 10.6. The van der Waals surface area contributed by atoms with Gasteiger partial charge in [-0.2, -0.15) is 0 Å². The van der Waals surface area contributed by atoms with Crippen molar-refractivity contribution in [3.05, 3.63) is 40.9 Å². The Hall–Kier alpha value is -1.59. The highest BCUT2D eigenvalue weighted by molar-refractivity contribution is 6.31. The molecule has 0 bridgehead atoms. The van der Waals surface area contributed by atoms with Gasteiger partial charge < -0.3 is 10.3 Å². The summed E-state index contributed by atoms with van der Waals surface area (Å²) in [6, 6.07) is 5.66. The lowest BCUT2D eigenvalue weighted by molar-refractivity contribution is 0.209. The van der Waals surface area contributed by atoms with E-state index in [0.717, 1.165) is 42.6 Å². The molecule has 0 radical (unpaired) electrons. The molecule has 2 heterocycles. The monoisotopic (exact) mass is 263 g/mol. The molecule has 3 rings (SSSR count). The van der Waals surface area contributed by atoms with Crippen molar-refractivity contribution in [2.45, 2.75) is 19.6 Å². The Morgan fingerprint density at radius 1 is 1.33 bits per heavy atom. The van der Waals surface area contributed by atoms with Crippen LogP contribution >= 0.6 is 11.6 Å². The van der Waals surface area contributed by atoms with E-state index >= 15 is 0 Å². The maximum Gasteiger partial charge on any atom is 0.147 e. The first-order valence-electron chi connectivity index (χ1n) is 5.85. The summed E-state index contributed by atoms with van der Waals surface area (Å²) < 4.78 is 2.08. The number of halogens is 1. The molecule has 94 valence electrons. The molecule has 0 unspecified atom stereocenters. The standard InChI is InChI=1S/C12H14ClN5/c13-11-5-10(14)2-1-9(11)6-17-3-4-18-8-15-16-12(18)7-17/h1-2,5,8H,3-4,6-7,14H2. The van der Waals surface area contributed by atoms with E-state index in [-0.39, 0.29) is 0 Å². The van der Waals surface area contributed by atoms with Crippen molar-refractivity contribution in [3.63, 3.8) is 0 Å². The summed E-state index contributed by atoms with van der Waals surface area (Å²) >= 11 is 6.19. The van der Waals surface area contributed by atoms with Gasteiger partial charge in [-0.05, 0) is 17.7 Å². The van der Waals surface area contributed by atoms with Gasteiger partial charge in [-0.25, -0.2) is 0 Å². The zero-order chi connectivity index (χ0) is 12.5. The molecule has 0 aliphatic carbocycles. The fourth-order valence-corrected chi connectivity index (χ4v) is 2.43. The molecular formula is C12H14ClN5. The van der Waals surface area contributed by atoms with Crippen LogP contribution in [0, 0.1) is 0 Å². The molecule has 0 spiro atoms. The third-order valence-electron chi connectivity index (χ3n) is 3.19. The zero-order valence-electron chi connectivity index (χ0n) is 9.88. The van der Waals surface area contributed by atoms with Gasteiger partial charge in [-0.1, -0.05) is 17.7 Å². The molecule has 0 saturated heterocycles. The summed E-state index contributed by atoms with van der Waals surface area (Å²) in [5.41, 5.74) is 7.48. The van der Waals surface area contributed by atoms with Crippen LogP contribution in [-0.2, 0) is 19.6 Å². The first-order valence-corrected chi connectivity index (χ1v) is 6.23. The fourth-order valence-electron chi connectivity index (χ4n) is 2.18. The fraction of sp³-hybridized carbons (Fsp3) is 0.333. The van der Waals surface area contributed by atoms with Gasteiger partial charge in [0.1, 0.15) is 12.2 Å². The van der Waals surface area contributed by atoms with E-state index in [9.17, 15) is 0 Å². The molecule has 1 aromatic heterocycles. The molecule has 2 aromatic rings. The van der Waals surface area contributed by atoms with Crippen LogP contribution in [0.25, 0.3) is 0 Å². The molecular weight excluding hydrogens is 250 g/mol. The van der Waals surface area contributed by atoms with Gasteiger partial charge in [0.15, 0.2) is 0 Å². The minimum absolute atomic E-state index is 0.696. The van der Waals surface area contributed by atoms with E-state index < -0.39 is 0 Å². The Morgan fingerprint density at radius 2 is 2.22 bits per heavy atom. The third kappa shape index (κ3) is 2.19. The average molecular weight is 264 g/mol. The molecule has 18 heavy (non-hydrogen) atoms. The lowest BCUT2D eigenvalue weighted by atomic mass is 10.2. The van der Waals surface area contributed by atoms with Crippen LogP contribution in [-0.4, -0.2) is 26.2 Å². The molecule has 6 heteroatoms. The number of hydrogen-bond donors (Lipinski definition) is 1. The highest BCUT2D eigenvalue weighted by atomic mass is 35.5. The molecule has 2 N–H and O–H groups in total. The highest BCUT2D eigenvalue weighted by Crippen LogP contribution is 2.22. The molecule has 0 saturated carbocycles. The van der Waals surface area contributed by atoms with Gasteiger partial charge in [-0.15, -0.1) is 10.2 Å². The molecule has 5 nitrogen and oxygen atoms in total. The molecule has 1 aliphatic heterocycles. The van der Waals surface area contributed by atoms with Gasteiger partial charge in [0.25, 0.3) is 0 Å². The van der Waals surface area contributed by atoms with Crippen molar-refractivity contribution < 1.29 is 0 Å². The first kappa shape index (κ1) is 11.5. The topological polar surface area (TPSA) is 60.0 Å². The van der Waals surface area contributed by atoms with Crippen LogP contribution in [0.4, 0.5) is 5.69 Å². The van der Waals surface area contributed by atoms with Crippen molar-refractivity contribution in [1.29, 1.82) is 0 Å². The van der Waals surface area contributed by atoms with E-state index in [2.05, 4.69) is 19.7 Å². The summed E-state index contributed by atoms with van der Waals surface area (Å²) in [4.78, 5) is 2.31. The quantitative estimate of drug-likeness (QED) is 0.835. The summed E-state index contributed by atoms with van der Waals surface area (Å²) in [5.74, 6) is 1.01. The number of benzene rings is 1. The van der Waals surface area contributed by atoms with Crippen LogP contribution in [0.5, 0.6) is 0 Å². The predicted octanol–water partition coefficient (Wildman–Crippen LogP) is 1.53. The van der Waals surface area contributed by atoms with Crippen LogP contribution in [0.1, 0.15) is 11.4 Å². The van der Waals surface area contributed by atoms with Gasteiger partial charge in [-0.3, -0.25) is 4.90 Å². The van der Waals surface area contributed by atoms with Crippen molar-refractivity contribution in [3.8, 4) is 0 Å². The number of aromatic nitrogens is 3.